The highest BCUT2D eigenvalue weighted by Crippen LogP contribution is 2.42. The van der Waals surface area contributed by atoms with Gasteiger partial charge in [-0.3, -0.25) is 0 Å². The lowest BCUT2D eigenvalue weighted by Crippen LogP contribution is -2.08. The maximum absolute atomic E-state index is 4.33. The summed E-state index contributed by atoms with van der Waals surface area (Å²) in [5.41, 5.74) is 2.96. The number of thioether (sulfide) groups is 1. The molecule has 0 N–H and O–H groups in total. The summed E-state index contributed by atoms with van der Waals surface area (Å²) >= 11 is 1.84. The van der Waals surface area contributed by atoms with Crippen molar-refractivity contribution in [1.82, 2.24) is 14.8 Å². The summed E-state index contributed by atoms with van der Waals surface area (Å²) in [7, 11) is 0. The van der Waals surface area contributed by atoms with Gasteiger partial charge in [0, 0.05) is 11.8 Å². The molecule has 0 bridgehead atoms. The van der Waals surface area contributed by atoms with Gasteiger partial charge in [0.25, 0.3) is 0 Å². The first-order chi connectivity index (χ1) is 9.79. The SMILES string of the molecule is C=CCn1c(C)nnc1SC1CCCc2ccccc21. The Morgan fingerprint density at radius 1 is 1.40 bits per heavy atom. The number of hydrogen-bond acceptors (Lipinski definition) is 3. The van der Waals surface area contributed by atoms with Crippen molar-refractivity contribution in [2.45, 2.75) is 43.1 Å². The highest BCUT2D eigenvalue weighted by molar-refractivity contribution is 7.99. The second-order valence-corrected chi connectivity index (χ2v) is 6.30. The van der Waals surface area contributed by atoms with Gasteiger partial charge in [-0.2, -0.15) is 0 Å². The van der Waals surface area contributed by atoms with E-state index >= 15 is 0 Å². The number of rotatable bonds is 4. The van der Waals surface area contributed by atoms with Gasteiger partial charge >= 0.3 is 0 Å². The zero-order chi connectivity index (χ0) is 13.9. The van der Waals surface area contributed by atoms with Crippen LogP contribution in [-0.2, 0) is 13.0 Å². The minimum Gasteiger partial charge on any atom is -0.302 e. The molecule has 0 amide bonds. The molecule has 1 aliphatic carbocycles. The quantitative estimate of drug-likeness (QED) is 0.797. The first-order valence-corrected chi connectivity index (χ1v) is 7.92. The van der Waals surface area contributed by atoms with Crippen molar-refractivity contribution in [1.29, 1.82) is 0 Å². The average Bonchev–Trinajstić information content (AvgIpc) is 2.81. The molecule has 0 saturated carbocycles. The Kier molecular flexibility index (Phi) is 3.92. The molecule has 1 heterocycles. The van der Waals surface area contributed by atoms with Crippen LogP contribution in [0.15, 0.2) is 42.1 Å². The average molecular weight is 285 g/mol. The number of hydrogen-bond donors (Lipinski definition) is 0. The minimum atomic E-state index is 0.493. The number of allylic oxidation sites excluding steroid dienone is 1. The zero-order valence-corrected chi connectivity index (χ0v) is 12.6. The molecule has 0 aliphatic heterocycles. The second kappa shape index (κ2) is 5.83. The molecular weight excluding hydrogens is 266 g/mol. The molecule has 0 saturated heterocycles. The number of nitrogens with zero attached hydrogens (tertiary/aromatic N) is 3. The lowest BCUT2D eigenvalue weighted by atomic mass is 9.91. The van der Waals surface area contributed by atoms with E-state index in [4.69, 9.17) is 0 Å². The molecule has 1 aliphatic rings. The van der Waals surface area contributed by atoms with Gasteiger partial charge in [-0.1, -0.05) is 42.1 Å². The highest BCUT2D eigenvalue weighted by atomic mass is 32.2. The van der Waals surface area contributed by atoms with Crippen LogP contribution in [0.5, 0.6) is 0 Å². The van der Waals surface area contributed by atoms with Gasteiger partial charge in [0.15, 0.2) is 5.16 Å². The smallest absolute Gasteiger partial charge is 0.192 e. The van der Waals surface area contributed by atoms with Crippen LogP contribution in [-0.4, -0.2) is 14.8 Å². The minimum absolute atomic E-state index is 0.493. The number of aromatic nitrogens is 3. The lowest BCUT2D eigenvalue weighted by molar-refractivity contribution is 0.661. The van der Waals surface area contributed by atoms with E-state index in [0.29, 0.717) is 5.25 Å². The van der Waals surface area contributed by atoms with Gasteiger partial charge in [-0.15, -0.1) is 16.8 Å². The van der Waals surface area contributed by atoms with E-state index in [1.807, 2.05) is 24.8 Å². The van der Waals surface area contributed by atoms with E-state index in [9.17, 15) is 0 Å². The number of fused-ring (bicyclic) bond motifs is 1. The van der Waals surface area contributed by atoms with Gasteiger partial charge in [-0.05, 0) is 37.3 Å². The van der Waals surface area contributed by atoms with E-state index in [1.165, 1.54) is 30.4 Å². The van der Waals surface area contributed by atoms with Crippen molar-refractivity contribution in [2.24, 2.45) is 0 Å². The van der Waals surface area contributed by atoms with Crippen LogP contribution in [0.1, 0.15) is 35.0 Å². The van der Waals surface area contributed by atoms with Crippen molar-refractivity contribution < 1.29 is 0 Å². The molecule has 1 aromatic carbocycles. The molecule has 2 aromatic rings. The van der Waals surface area contributed by atoms with Gasteiger partial charge < -0.3 is 4.57 Å². The molecule has 0 radical (unpaired) electrons. The Labute approximate surface area is 124 Å². The van der Waals surface area contributed by atoms with Crippen LogP contribution in [0.25, 0.3) is 0 Å². The predicted octanol–water partition coefficient (Wildman–Crippen LogP) is 3.94. The van der Waals surface area contributed by atoms with Crippen molar-refractivity contribution in [2.75, 3.05) is 0 Å². The molecule has 20 heavy (non-hydrogen) atoms. The molecule has 1 unspecified atom stereocenters. The van der Waals surface area contributed by atoms with Crippen LogP contribution in [0, 0.1) is 6.92 Å². The molecule has 3 rings (SSSR count). The first kappa shape index (κ1) is 13.4. The maximum atomic E-state index is 4.33. The largest absolute Gasteiger partial charge is 0.302 e. The van der Waals surface area contributed by atoms with Crippen molar-refractivity contribution in [3.63, 3.8) is 0 Å². The van der Waals surface area contributed by atoms with Crippen LogP contribution < -0.4 is 0 Å². The molecule has 104 valence electrons. The monoisotopic (exact) mass is 285 g/mol. The van der Waals surface area contributed by atoms with Gasteiger partial charge in [0.1, 0.15) is 5.82 Å². The molecule has 1 aromatic heterocycles. The summed E-state index contributed by atoms with van der Waals surface area (Å²) in [6.45, 7) is 6.58. The summed E-state index contributed by atoms with van der Waals surface area (Å²) in [4.78, 5) is 0. The van der Waals surface area contributed by atoms with Crippen LogP contribution in [0.3, 0.4) is 0 Å². The fourth-order valence-corrected chi connectivity index (χ4v) is 4.06. The van der Waals surface area contributed by atoms with E-state index in [1.54, 1.807) is 0 Å². The fraction of sp³-hybridized carbons (Fsp3) is 0.375. The summed E-state index contributed by atoms with van der Waals surface area (Å²) in [5.74, 6) is 0.955. The Bertz CT molecular complexity index is 618. The molecular formula is C16H19N3S. The maximum Gasteiger partial charge on any atom is 0.192 e. The second-order valence-electron chi connectivity index (χ2n) is 5.13. The molecule has 3 nitrogen and oxygen atoms in total. The van der Waals surface area contributed by atoms with Crippen LogP contribution in [0.4, 0.5) is 0 Å². The van der Waals surface area contributed by atoms with E-state index in [2.05, 4.69) is 45.6 Å². The van der Waals surface area contributed by atoms with E-state index < -0.39 is 0 Å². The lowest BCUT2D eigenvalue weighted by Gasteiger charge is -2.24. The molecule has 0 fully saturated rings. The van der Waals surface area contributed by atoms with Crippen molar-refractivity contribution in [3.8, 4) is 0 Å². The topological polar surface area (TPSA) is 30.7 Å². The Balaban J connectivity index is 1.87. The first-order valence-electron chi connectivity index (χ1n) is 7.04. The van der Waals surface area contributed by atoms with Crippen LogP contribution in [0.2, 0.25) is 0 Å². The molecule has 1 atom stereocenters. The van der Waals surface area contributed by atoms with Crippen LogP contribution >= 0.6 is 11.8 Å². The standard InChI is InChI=1S/C16H19N3S/c1-3-11-19-12(2)17-18-16(19)20-15-10-6-8-13-7-4-5-9-14(13)15/h3-5,7,9,15H,1,6,8,10-11H2,2H3. The highest BCUT2D eigenvalue weighted by Gasteiger charge is 2.23. The van der Waals surface area contributed by atoms with E-state index in [0.717, 1.165) is 17.5 Å². The summed E-state index contributed by atoms with van der Waals surface area (Å²) in [5, 5.41) is 10.0. The van der Waals surface area contributed by atoms with Gasteiger partial charge in [0.2, 0.25) is 0 Å². The third-order valence-corrected chi connectivity index (χ3v) is 5.06. The Morgan fingerprint density at radius 2 is 2.25 bits per heavy atom. The van der Waals surface area contributed by atoms with Crippen molar-refractivity contribution in [3.05, 3.63) is 53.9 Å². The summed E-state index contributed by atoms with van der Waals surface area (Å²) in [6.07, 6.45) is 5.56. The third kappa shape index (κ3) is 2.52. The molecule has 4 heteroatoms. The molecule has 0 spiro atoms. The Morgan fingerprint density at radius 3 is 3.10 bits per heavy atom. The summed E-state index contributed by atoms with van der Waals surface area (Å²) < 4.78 is 2.13. The summed E-state index contributed by atoms with van der Waals surface area (Å²) in [6, 6.07) is 8.78. The van der Waals surface area contributed by atoms with Gasteiger partial charge in [0.05, 0.1) is 0 Å². The number of benzene rings is 1. The number of aryl methyl sites for hydroxylation is 2. The van der Waals surface area contributed by atoms with Crippen molar-refractivity contribution >= 4 is 11.8 Å². The zero-order valence-electron chi connectivity index (χ0n) is 11.7. The third-order valence-electron chi connectivity index (χ3n) is 3.78. The normalized spacial score (nSPS) is 17.8. The Hall–Kier alpha value is -1.55. The predicted molar refractivity (Wildman–Crippen MR) is 82.9 cm³/mol. The fourth-order valence-electron chi connectivity index (χ4n) is 2.75. The van der Waals surface area contributed by atoms with Gasteiger partial charge in [-0.25, -0.2) is 0 Å². The van der Waals surface area contributed by atoms with E-state index in [-0.39, 0.29) is 0 Å².